The van der Waals surface area contributed by atoms with Crippen molar-refractivity contribution in [2.24, 2.45) is 7.05 Å². The molecule has 2 aromatic rings. The first-order valence-electron chi connectivity index (χ1n) is 6.58. The number of nitrogens with zero attached hydrogens (tertiary/aromatic N) is 4. The van der Waals surface area contributed by atoms with Gasteiger partial charge in [-0.05, 0) is 36.5 Å². The lowest BCUT2D eigenvalue weighted by atomic mass is 9.91. The number of hydrogen-bond donors (Lipinski definition) is 0. The van der Waals surface area contributed by atoms with Crippen LogP contribution in [-0.4, -0.2) is 27.9 Å². The standard InChI is InChI=1S/C14H17FN4/c1-18-10-12(9-16-18)11-5-7-19(8-6-11)14-4-2-3-13(15)17-14/h2-4,9-11H,5-8H2,1H3. The Kier molecular flexibility index (Phi) is 3.19. The highest BCUT2D eigenvalue weighted by atomic mass is 19.1. The van der Waals surface area contributed by atoms with Crippen molar-refractivity contribution in [2.45, 2.75) is 18.8 Å². The molecule has 0 amide bonds. The summed E-state index contributed by atoms with van der Waals surface area (Å²) in [6.45, 7) is 1.83. The maximum absolute atomic E-state index is 13.1. The van der Waals surface area contributed by atoms with Crippen LogP contribution in [0.2, 0.25) is 0 Å². The monoisotopic (exact) mass is 260 g/mol. The third-order valence-corrected chi connectivity index (χ3v) is 3.72. The van der Waals surface area contributed by atoms with Crippen molar-refractivity contribution >= 4 is 5.82 Å². The molecule has 1 saturated heterocycles. The molecule has 3 rings (SSSR count). The van der Waals surface area contributed by atoms with Crippen LogP contribution < -0.4 is 4.90 Å². The van der Waals surface area contributed by atoms with E-state index in [-0.39, 0.29) is 0 Å². The Hall–Kier alpha value is -1.91. The maximum Gasteiger partial charge on any atom is 0.214 e. The van der Waals surface area contributed by atoms with Crippen LogP contribution in [0.1, 0.15) is 24.3 Å². The van der Waals surface area contributed by atoms with Crippen molar-refractivity contribution in [1.29, 1.82) is 0 Å². The normalized spacial score (nSPS) is 16.8. The summed E-state index contributed by atoms with van der Waals surface area (Å²) in [7, 11) is 1.94. The van der Waals surface area contributed by atoms with E-state index in [0.717, 1.165) is 31.7 Å². The molecule has 2 aromatic heterocycles. The number of aryl methyl sites for hydroxylation is 1. The van der Waals surface area contributed by atoms with Gasteiger partial charge in [0, 0.05) is 26.3 Å². The Morgan fingerprint density at radius 2 is 2.05 bits per heavy atom. The summed E-state index contributed by atoms with van der Waals surface area (Å²) in [4.78, 5) is 6.09. The molecular weight excluding hydrogens is 243 g/mol. The first kappa shape index (κ1) is 12.1. The molecule has 0 radical (unpaired) electrons. The molecule has 0 aliphatic carbocycles. The van der Waals surface area contributed by atoms with Crippen molar-refractivity contribution in [2.75, 3.05) is 18.0 Å². The highest BCUT2D eigenvalue weighted by Crippen LogP contribution is 2.29. The van der Waals surface area contributed by atoms with Gasteiger partial charge in [0.2, 0.25) is 5.95 Å². The van der Waals surface area contributed by atoms with E-state index < -0.39 is 5.95 Å². The molecule has 5 heteroatoms. The Bertz CT molecular complexity index is 558. The second kappa shape index (κ2) is 4.99. The molecule has 0 unspecified atom stereocenters. The maximum atomic E-state index is 13.1. The van der Waals surface area contributed by atoms with Gasteiger partial charge >= 0.3 is 0 Å². The molecule has 0 aromatic carbocycles. The Morgan fingerprint density at radius 1 is 1.26 bits per heavy atom. The number of halogens is 1. The SMILES string of the molecule is Cn1cc(C2CCN(c3cccc(F)n3)CC2)cn1. The fourth-order valence-corrected chi connectivity index (χ4v) is 2.67. The molecule has 4 nitrogen and oxygen atoms in total. The molecule has 1 aliphatic rings. The van der Waals surface area contributed by atoms with Gasteiger partial charge in [-0.1, -0.05) is 6.07 Å². The number of hydrogen-bond acceptors (Lipinski definition) is 3. The second-order valence-corrected chi connectivity index (χ2v) is 5.03. The molecule has 0 N–H and O–H groups in total. The Balaban J connectivity index is 1.66. The zero-order chi connectivity index (χ0) is 13.2. The molecule has 3 heterocycles. The first-order valence-corrected chi connectivity index (χ1v) is 6.58. The summed E-state index contributed by atoms with van der Waals surface area (Å²) in [6, 6.07) is 4.96. The first-order chi connectivity index (χ1) is 9.22. The van der Waals surface area contributed by atoms with Crippen molar-refractivity contribution < 1.29 is 4.39 Å². The number of rotatable bonds is 2. The molecular formula is C14H17FN4. The third-order valence-electron chi connectivity index (χ3n) is 3.72. The fraction of sp³-hybridized carbons (Fsp3) is 0.429. The predicted octanol–water partition coefficient (Wildman–Crippen LogP) is 2.34. The molecule has 19 heavy (non-hydrogen) atoms. The predicted molar refractivity (Wildman–Crippen MR) is 71.6 cm³/mol. The van der Waals surface area contributed by atoms with Crippen LogP contribution in [0.4, 0.5) is 10.2 Å². The summed E-state index contributed by atoms with van der Waals surface area (Å²) in [5.41, 5.74) is 1.30. The minimum atomic E-state index is -0.410. The van der Waals surface area contributed by atoms with Gasteiger partial charge in [-0.2, -0.15) is 9.49 Å². The molecule has 0 spiro atoms. The molecule has 100 valence electrons. The zero-order valence-corrected chi connectivity index (χ0v) is 11.0. The van der Waals surface area contributed by atoms with Crippen molar-refractivity contribution in [3.63, 3.8) is 0 Å². The Labute approximate surface area is 111 Å². The van der Waals surface area contributed by atoms with Crippen LogP contribution >= 0.6 is 0 Å². The van der Waals surface area contributed by atoms with E-state index in [9.17, 15) is 4.39 Å². The van der Waals surface area contributed by atoms with Crippen molar-refractivity contribution in [3.8, 4) is 0 Å². The van der Waals surface area contributed by atoms with Crippen LogP contribution in [0.15, 0.2) is 30.6 Å². The Morgan fingerprint density at radius 3 is 2.68 bits per heavy atom. The van der Waals surface area contributed by atoms with Crippen LogP contribution in [0, 0.1) is 5.95 Å². The molecule has 0 bridgehead atoms. The average Bonchev–Trinajstić information content (AvgIpc) is 2.86. The average molecular weight is 260 g/mol. The fourth-order valence-electron chi connectivity index (χ4n) is 2.67. The van der Waals surface area contributed by atoms with Crippen LogP contribution in [-0.2, 0) is 7.05 Å². The van der Waals surface area contributed by atoms with E-state index in [0.29, 0.717) is 5.92 Å². The molecule has 0 atom stereocenters. The largest absolute Gasteiger partial charge is 0.356 e. The third kappa shape index (κ3) is 2.59. The van der Waals surface area contributed by atoms with Gasteiger partial charge in [0.05, 0.1) is 6.20 Å². The molecule has 0 saturated carbocycles. The number of aromatic nitrogens is 3. The van der Waals surface area contributed by atoms with Crippen LogP contribution in [0.5, 0.6) is 0 Å². The van der Waals surface area contributed by atoms with E-state index >= 15 is 0 Å². The van der Waals surface area contributed by atoms with E-state index in [1.54, 1.807) is 6.07 Å². The minimum Gasteiger partial charge on any atom is -0.356 e. The van der Waals surface area contributed by atoms with E-state index in [2.05, 4.69) is 21.2 Å². The lowest BCUT2D eigenvalue weighted by molar-refractivity contribution is 0.498. The number of pyridine rings is 1. The van der Waals surface area contributed by atoms with Gasteiger partial charge in [0.15, 0.2) is 0 Å². The summed E-state index contributed by atoms with van der Waals surface area (Å²) >= 11 is 0. The molecule has 1 fully saturated rings. The highest BCUT2D eigenvalue weighted by molar-refractivity contribution is 5.38. The zero-order valence-electron chi connectivity index (χ0n) is 11.0. The van der Waals surface area contributed by atoms with E-state index in [1.165, 1.54) is 11.6 Å². The second-order valence-electron chi connectivity index (χ2n) is 5.03. The van der Waals surface area contributed by atoms with E-state index in [1.807, 2.05) is 24.0 Å². The van der Waals surface area contributed by atoms with Gasteiger partial charge in [-0.15, -0.1) is 0 Å². The quantitative estimate of drug-likeness (QED) is 0.777. The van der Waals surface area contributed by atoms with Crippen molar-refractivity contribution in [1.82, 2.24) is 14.8 Å². The highest BCUT2D eigenvalue weighted by Gasteiger charge is 2.22. The van der Waals surface area contributed by atoms with Gasteiger partial charge < -0.3 is 4.90 Å². The number of anilines is 1. The van der Waals surface area contributed by atoms with E-state index in [4.69, 9.17) is 0 Å². The lowest BCUT2D eigenvalue weighted by Gasteiger charge is -2.32. The molecule has 1 aliphatic heterocycles. The van der Waals surface area contributed by atoms with Gasteiger partial charge in [0.25, 0.3) is 0 Å². The number of piperidine rings is 1. The van der Waals surface area contributed by atoms with Crippen molar-refractivity contribution in [3.05, 3.63) is 42.1 Å². The van der Waals surface area contributed by atoms with Gasteiger partial charge in [0.1, 0.15) is 5.82 Å². The lowest BCUT2D eigenvalue weighted by Crippen LogP contribution is -2.33. The summed E-state index contributed by atoms with van der Waals surface area (Å²) in [5.74, 6) is 0.884. The smallest absolute Gasteiger partial charge is 0.214 e. The van der Waals surface area contributed by atoms with Crippen LogP contribution in [0.25, 0.3) is 0 Å². The summed E-state index contributed by atoms with van der Waals surface area (Å²) < 4.78 is 15.0. The van der Waals surface area contributed by atoms with Gasteiger partial charge in [-0.3, -0.25) is 4.68 Å². The summed E-state index contributed by atoms with van der Waals surface area (Å²) in [6.07, 6.45) is 6.15. The summed E-state index contributed by atoms with van der Waals surface area (Å²) in [5, 5.41) is 4.22. The topological polar surface area (TPSA) is 34.0 Å². The van der Waals surface area contributed by atoms with Crippen LogP contribution in [0.3, 0.4) is 0 Å². The minimum absolute atomic E-state index is 0.410. The van der Waals surface area contributed by atoms with Gasteiger partial charge in [-0.25, -0.2) is 4.98 Å².